The summed E-state index contributed by atoms with van der Waals surface area (Å²) in [6, 6.07) is 5.84. The Balaban J connectivity index is 1.62. The molecule has 2 heterocycles. The van der Waals surface area contributed by atoms with Crippen molar-refractivity contribution in [3.63, 3.8) is 0 Å². The molecule has 1 aromatic heterocycles. The average molecular weight is 376 g/mol. The van der Waals surface area contributed by atoms with Crippen LogP contribution in [-0.4, -0.2) is 37.2 Å². The van der Waals surface area contributed by atoms with Gasteiger partial charge >= 0.3 is 0 Å². The van der Waals surface area contributed by atoms with Crippen LogP contribution in [0.15, 0.2) is 30.5 Å². The van der Waals surface area contributed by atoms with E-state index in [1.54, 1.807) is 26.5 Å². The highest BCUT2D eigenvalue weighted by Gasteiger charge is 2.23. The van der Waals surface area contributed by atoms with E-state index >= 15 is 0 Å². The molecule has 1 saturated heterocycles. The van der Waals surface area contributed by atoms with Crippen LogP contribution >= 0.6 is 0 Å². The van der Waals surface area contributed by atoms with Gasteiger partial charge in [-0.25, -0.2) is 8.78 Å². The highest BCUT2D eigenvalue weighted by molar-refractivity contribution is 5.42. The highest BCUT2D eigenvalue weighted by atomic mass is 19.1. The fourth-order valence-electron chi connectivity index (χ4n) is 3.83. The number of benzene rings is 1. The van der Waals surface area contributed by atoms with Crippen LogP contribution in [0, 0.1) is 17.6 Å². The fraction of sp³-hybridized carbons (Fsp3) is 0.476. The zero-order chi connectivity index (χ0) is 19.2. The molecule has 1 aromatic carbocycles. The second-order valence-electron chi connectivity index (χ2n) is 6.98. The molecule has 2 aromatic rings. The number of hydrogen-bond donors (Lipinski definition) is 0. The molecule has 0 radical (unpaired) electrons. The largest absolute Gasteiger partial charge is 0.493 e. The third kappa shape index (κ3) is 4.75. The summed E-state index contributed by atoms with van der Waals surface area (Å²) in [6.45, 7) is 2.54. The van der Waals surface area contributed by atoms with Gasteiger partial charge in [0.25, 0.3) is 0 Å². The monoisotopic (exact) mass is 376 g/mol. The Morgan fingerprint density at radius 2 is 1.93 bits per heavy atom. The van der Waals surface area contributed by atoms with Gasteiger partial charge in [0.1, 0.15) is 17.3 Å². The summed E-state index contributed by atoms with van der Waals surface area (Å²) in [4.78, 5) is 6.78. The number of piperidine rings is 1. The minimum Gasteiger partial charge on any atom is -0.493 e. The number of halogens is 2. The van der Waals surface area contributed by atoms with Crippen molar-refractivity contribution in [1.29, 1.82) is 0 Å². The molecule has 0 aliphatic carbocycles. The quantitative estimate of drug-likeness (QED) is 0.725. The molecule has 0 saturated carbocycles. The molecule has 1 aliphatic rings. The second kappa shape index (κ2) is 9.13. The number of hydrogen-bond acceptors (Lipinski definition) is 4. The van der Waals surface area contributed by atoms with Crippen molar-refractivity contribution in [2.75, 3.05) is 27.3 Å². The van der Waals surface area contributed by atoms with Crippen LogP contribution in [0.1, 0.15) is 30.5 Å². The van der Waals surface area contributed by atoms with Crippen molar-refractivity contribution in [2.45, 2.75) is 32.2 Å². The average Bonchev–Trinajstić information content (AvgIpc) is 2.67. The summed E-state index contributed by atoms with van der Waals surface area (Å²) in [5, 5.41) is 0. The second-order valence-corrected chi connectivity index (χ2v) is 6.98. The van der Waals surface area contributed by atoms with E-state index < -0.39 is 11.6 Å². The highest BCUT2D eigenvalue weighted by Crippen LogP contribution is 2.31. The molecule has 3 rings (SSSR count). The summed E-state index contributed by atoms with van der Waals surface area (Å²) in [6.07, 6.45) is 5.07. The van der Waals surface area contributed by atoms with Gasteiger partial charge < -0.3 is 9.47 Å². The first kappa shape index (κ1) is 19.5. The third-order valence-corrected chi connectivity index (χ3v) is 5.21. The van der Waals surface area contributed by atoms with E-state index in [1.165, 1.54) is 18.2 Å². The van der Waals surface area contributed by atoms with E-state index in [0.717, 1.165) is 38.0 Å². The van der Waals surface area contributed by atoms with E-state index in [-0.39, 0.29) is 5.56 Å². The molecular formula is C21H26F2N2O2. The number of methoxy groups -OCH3 is 2. The van der Waals surface area contributed by atoms with Gasteiger partial charge in [0.2, 0.25) is 0 Å². The lowest BCUT2D eigenvalue weighted by atomic mass is 9.91. The van der Waals surface area contributed by atoms with Crippen LogP contribution in [0.2, 0.25) is 0 Å². The maximum atomic E-state index is 13.8. The minimum absolute atomic E-state index is 0.200. The maximum Gasteiger partial charge on any atom is 0.183 e. The number of likely N-dealkylation sites (tertiary alicyclic amines) is 1. The zero-order valence-electron chi connectivity index (χ0n) is 15.9. The van der Waals surface area contributed by atoms with Crippen molar-refractivity contribution < 1.29 is 18.3 Å². The summed E-state index contributed by atoms with van der Waals surface area (Å²) < 4.78 is 38.5. The van der Waals surface area contributed by atoms with Gasteiger partial charge in [-0.1, -0.05) is 6.07 Å². The van der Waals surface area contributed by atoms with Crippen LogP contribution in [-0.2, 0) is 13.0 Å². The Bertz CT molecular complexity index is 750. The predicted octanol–water partition coefficient (Wildman–Crippen LogP) is 4.22. The van der Waals surface area contributed by atoms with Gasteiger partial charge in [0, 0.05) is 30.9 Å². The molecule has 1 atom stereocenters. The SMILES string of the molecule is COc1ccnc(CN2CCC[C@@H](CCc3c(F)cccc3F)C2)c1OC. The zero-order valence-corrected chi connectivity index (χ0v) is 15.9. The molecule has 0 spiro atoms. The van der Waals surface area contributed by atoms with Crippen LogP contribution in [0.25, 0.3) is 0 Å². The smallest absolute Gasteiger partial charge is 0.183 e. The number of aromatic nitrogens is 1. The first-order chi connectivity index (χ1) is 13.1. The molecule has 146 valence electrons. The number of pyridine rings is 1. The molecule has 0 N–H and O–H groups in total. The summed E-state index contributed by atoms with van der Waals surface area (Å²) in [7, 11) is 3.23. The summed E-state index contributed by atoms with van der Waals surface area (Å²) in [5.41, 5.74) is 1.04. The Morgan fingerprint density at radius 1 is 1.15 bits per heavy atom. The molecule has 1 fully saturated rings. The molecule has 0 amide bonds. The summed E-state index contributed by atoms with van der Waals surface area (Å²) in [5.74, 6) is 0.844. The van der Waals surface area contributed by atoms with Crippen molar-refractivity contribution in [2.24, 2.45) is 5.92 Å². The summed E-state index contributed by atoms with van der Waals surface area (Å²) >= 11 is 0. The molecule has 6 heteroatoms. The minimum atomic E-state index is -0.451. The van der Waals surface area contributed by atoms with Crippen molar-refractivity contribution in [1.82, 2.24) is 9.88 Å². The van der Waals surface area contributed by atoms with Crippen LogP contribution in [0.5, 0.6) is 11.5 Å². The number of ether oxygens (including phenoxy) is 2. The first-order valence-electron chi connectivity index (χ1n) is 9.33. The van der Waals surface area contributed by atoms with Crippen molar-refractivity contribution in [3.05, 3.63) is 53.4 Å². The van der Waals surface area contributed by atoms with E-state index in [2.05, 4.69) is 9.88 Å². The standard InChI is InChI=1S/C21H26F2N2O2/c1-26-20-10-11-24-19(21(20)27-2)14-25-12-4-5-15(13-25)8-9-16-17(22)6-3-7-18(16)23/h3,6-7,10-11,15H,4-5,8-9,12-14H2,1-2H3/t15-/m0/s1. The van der Waals surface area contributed by atoms with E-state index in [4.69, 9.17) is 9.47 Å². The van der Waals surface area contributed by atoms with Crippen molar-refractivity contribution >= 4 is 0 Å². The molecule has 27 heavy (non-hydrogen) atoms. The predicted molar refractivity (Wildman–Crippen MR) is 100 cm³/mol. The van der Waals surface area contributed by atoms with Gasteiger partial charge in [-0.3, -0.25) is 9.88 Å². The van der Waals surface area contributed by atoms with Crippen LogP contribution in [0.4, 0.5) is 8.78 Å². The lowest BCUT2D eigenvalue weighted by Crippen LogP contribution is -2.35. The lowest BCUT2D eigenvalue weighted by molar-refractivity contribution is 0.158. The van der Waals surface area contributed by atoms with Gasteiger partial charge in [-0.15, -0.1) is 0 Å². The van der Waals surface area contributed by atoms with Gasteiger partial charge in [0.05, 0.1) is 14.2 Å². The Hall–Kier alpha value is -2.21. The Morgan fingerprint density at radius 3 is 2.63 bits per heavy atom. The van der Waals surface area contributed by atoms with Crippen LogP contribution < -0.4 is 9.47 Å². The van der Waals surface area contributed by atoms with Crippen LogP contribution in [0.3, 0.4) is 0 Å². The Labute approximate surface area is 159 Å². The first-order valence-corrected chi connectivity index (χ1v) is 9.33. The number of rotatable bonds is 7. The fourth-order valence-corrected chi connectivity index (χ4v) is 3.83. The molecule has 1 aliphatic heterocycles. The number of nitrogens with zero attached hydrogens (tertiary/aromatic N) is 2. The molecule has 4 nitrogen and oxygen atoms in total. The topological polar surface area (TPSA) is 34.6 Å². The van der Waals surface area contributed by atoms with E-state index in [0.29, 0.717) is 30.4 Å². The third-order valence-electron chi connectivity index (χ3n) is 5.21. The lowest BCUT2D eigenvalue weighted by Gasteiger charge is -2.33. The maximum absolute atomic E-state index is 13.8. The van der Waals surface area contributed by atoms with Gasteiger partial charge in [-0.2, -0.15) is 0 Å². The molecular weight excluding hydrogens is 350 g/mol. The van der Waals surface area contributed by atoms with E-state index in [9.17, 15) is 8.78 Å². The molecule has 0 unspecified atom stereocenters. The molecule has 0 bridgehead atoms. The van der Waals surface area contributed by atoms with Crippen molar-refractivity contribution in [3.8, 4) is 11.5 Å². The van der Waals surface area contributed by atoms with Gasteiger partial charge in [-0.05, 0) is 50.3 Å². The Kier molecular flexibility index (Phi) is 6.61. The van der Waals surface area contributed by atoms with Gasteiger partial charge in [0.15, 0.2) is 11.5 Å². The normalized spacial score (nSPS) is 17.7. The van der Waals surface area contributed by atoms with E-state index in [1.807, 2.05) is 0 Å².